The minimum Gasteiger partial charge on any atom is -0.494 e. The number of amides is 1. The molecule has 2 aromatic carbocycles. The minimum absolute atomic E-state index is 0.134. The number of aryl methyl sites for hydroxylation is 1. The molecule has 6 nitrogen and oxygen atoms in total. The molecule has 6 heteroatoms. The van der Waals surface area contributed by atoms with Crippen molar-refractivity contribution in [3.8, 4) is 5.75 Å². The molecule has 3 rings (SSSR count). The molecule has 0 unspecified atom stereocenters. The maximum absolute atomic E-state index is 13.0. The van der Waals surface area contributed by atoms with E-state index in [1.807, 2.05) is 26.0 Å². The van der Waals surface area contributed by atoms with E-state index in [2.05, 4.69) is 10.6 Å². The van der Waals surface area contributed by atoms with Crippen LogP contribution >= 0.6 is 0 Å². The molecule has 0 aliphatic heterocycles. The largest absolute Gasteiger partial charge is 0.494 e. The number of carbonyl (C=O) groups is 2. The summed E-state index contributed by atoms with van der Waals surface area (Å²) < 4.78 is 10.6. The summed E-state index contributed by atoms with van der Waals surface area (Å²) in [6, 6.07) is 17.5. The van der Waals surface area contributed by atoms with Crippen LogP contribution in [0, 0.1) is 6.92 Å². The van der Waals surface area contributed by atoms with Crippen molar-refractivity contribution in [1.82, 2.24) is 5.32 Å². The van der Waals surface area contributed by atoms with Gasteiger partial charge in [-0.25, -0.2) is 0 Å². The first-order valence-electron chi connectivity index (χ1n) is 9.01. The number of rotatable bonds is 8. The van der Waals surface area contributed by atoms with E-state index < -0.39 is 12.1 Å². The van der Waals surface area contributed by atoms with Gasteiger partial charge in [0.05, 0.1) is 12.9 Å². The third-order valence-corrected chi connectivity index (χ3v) is 4.09. The fraction of sp³-hybridized carbons (Fsp3) is 0.182. The number of hydrogen-bond acceptors (Lipinski definition) is 5. The standard InChI is InChI=1S/C22H22N2O4/c1-3-27-18-12-10-17(11-13-18)23-21(24-22(26)19-5-4-14-28-19)20(25)16-8-6-15(2)7-9-16/h4-14,21,23H,3H2,1-2H3,(H,24,26)/t21-/m0/s1. The van der Waals surface area contributed by atoms with Crippen molar-refractivity contribution < 1.29 is 18.7 Å². The molecule has 0 aliphatic rings. The molecule has 2 N–H and O–H groups in total. The van der Waals surface area contributed by atoms with Crippen LogP contribution in [-0.2, 0) is 0 Å². The summed E-state index contributed by atoms with van der Waals surface area (Å²) >= 11 is 0. The highest BCUT2D eigenvalue weighted by Gasteiger charge is 2.23. The average molecular weight is 378 g/mol. The average Bonchev–Trinajstić information content (AvgIpc) is 3.24. The highest BCUT2D eigenvalue weighted by molar-refractivity contribution is 6.04. The van der Waals surface area contributed by atoms with Gasteiger partial charge in [-0.15, -0.1) is 0 Å². The molecule has 0 aliphatic carbocycles. The lowest BCUT2D eigenvalue weighted by Gasteiger charge is -2.20. The monoisotopic (exact) mass is 378 g/mol. The van der Waals surface area contributed by atoms with Crippen molar-refractivity contribution in [3.05, 3.63) is 83.8 Å². The zero-order valence-electron chi connectivity index (χ0n) is 15.8. The van der Waals surface area contributed by atoms with Gasteiger partial charge >= 0.3 is 0 Å². The first-order valence-corrected chi connectivity index (χ1v) is 9.01. The number of anilines is 1. The molecule has 0 saturated carbocycles. The molecule has 0 radical (unpaired) electrons. The fourth-order valence-electron chi connectivity index (χ4n) is 2.64. The number of hydrogen-bond donors (Lipinski definition) is 2. The highest BCUT2D eigenvalue weighted by atomic mass is 16.5. The summed E-state index contributed by atoms with van der Waals surface area (Å²) in [5, 5.41) is 5.77. The highest BCUT2D eigenvalue weighted by Crippen LogP contribution is 2.17. The Kier molecular flexibility index (Phi) is 6.11. The molecule has 0 bridgehead atoms. The van der Waals surface area contributed by atoms with Gasteiger partial charge in [0.25, 0.3) is 5.91 Å². The third-order valence-electron chi connectivity index (χ3n) is 4.09. The maximum atomic E-state index is 13.0. The zero-order valence-corrected chi connectivity index (χ0v) is 15.8. The summed E-state index contributed by atoms with van der Waals surface area (Å²) in [5.41, 5.74) is 2.22. The molecule has 1 amide bonds. The number of nitrogens with one attached hydrogen (secondary N) is 2. The molecule has 1 aromatic heterocycles. The van der Waals surface area contributed by atoms with Crippen molar-refractivity contribution in [2.24, 2.45) is 0 Å². The molecule has 144 valence electrons. The van der Waals surface area contributed by atoms with Gasteiger partial charge in [-0.05, 0) is 50.2 Å². The van der Waals surface area contributed by atoms with Gasteiger partial charge in [-0.1, -0.05) is 29.8 Å². The van der Waals surface area contributed by atoms with Gasteiger partial charge < -0.3 is 19.8 Å². The predicted octanol–water partition coefficient (Wildman–Crippen LogP) is 4.04. The number of furan rings is 1. The van der Waals surface area contributed by atoms with E-state index in [-0.39, 0.29) is 11.5 Å². The fourth-order valence-corrected chi connectivity index (χ4v) is 2.64. The molecule has 28 heavy (non-hydrogen) atoms. The number of benzene rings is 2. The Labute approximate surface area is 163 Å². The minimum atomic E-state index is -0.960. The van der Waals surface area contributed by atoms with E-state index in [1.165, 1.54) is 6.26 Å². The summed E-state index contributed by atoms with van der Waals surface area (Å²) in [5.74, 6) is 0.131. The topological polar surface area (TPSA) is 80.6 Å². The second-order valence-electron chi connectivity index (χ2n) is 6.22. The molecule has 1 atom stereocenters. The Morgan fingerprint density at radius 3 is 2.36 bits per heavy atom. The zero-order chi connectivity index (χ0) is 19.9. The van der Waals surface area contributed by atoms with Crippen LogP contribution in [0.15, 0.2) is 71.3 Å². The van der Waals surface area contributed by atoms with Crippen molar-refractivity contribution in [2.75, 3.05) is 11.9 Å². The van der Waals surface area contributed by atoms with E-state index in [4.69, 9.17) is 9.15 Å². The first-order chi connectivity index (χ1) is 13.6. The summed E-state index contributed by atoms with van der Waals surface area (Å²) in [4.78, 5) is 25.4. The van der Waals surface area contributed by atoms with Crippen LogP contribution in [0.1, 0.15) is 33.4 Å². The lowest BCUT2D eigenvalue weighted by molar-refractivity contribution is 0.0853. The van der Waals surface area contributed by atoms with E-state index in [1.54, 1.807) is 48.5 Å². The van der Waals surface area contributed by atoms with E-state index in [9.17, 15) is 9.59 Å². The Hall–Kier alpha value is -3.54. The van der Waals surface area contributed by atoms with E-state index in [0.717, 1.165) is 11.3 Å². The molecular formula is C22H22N2O4. The Morgan fingerprint density at radius 1 is 1.04 bits per heavy atom. The van der Waals surface area contributed by atoms with Crippen molar-refractivity contribution in [1.29, 1.82) is 0 Å². The van der Waals surface area contributed by atoms with Gasteiger partial charge in [0.15, 0.2) is 11.9 Å². The van der Waals surface area contributed by atoms with Crippen molar-refractivity contribution in [3.63, 3.8) is 0 Å². The van der Waals surface area contributed by atoms with Gasteiger partial charge in [-0.2, -0.15) is 0 Å². The van der Waals surface area contributed by atoms with E-state index >= 15 is 0 Å². The van der Waals surface area contributed by atoms with Crippen LogP contribution in [0.3, 0.4) is 0 Å². The van der Waals surface area contributed by atoms with Crippen LogP contribution in [0.5, 0.6) is 5.75 Å². The van der Waals surface area contributed by atoms with Crippen LogP contribution < -0.4 is 15.4 Å². The van der Waals surface area contributed by atoms with Crippen molar-refractivity contribution in [2.45, 2.75) is 20.0 Å². The lowest BCUT2D eigenvalue weighted by Crippen LogP contribution is -2.46. The maximum Gasteiger partial charge on any atom is 0.288 e. The second-order valence-corrected chi connectivity index (χ2v) is 6.22. The summed E-state index contributed by atoms with van der Waals surface area (Å²) in [6.07, 6.45) is 0.448. The van der Waals surface area contributed by atoms with Crippen molar-refractivity contribution >= 4 is 17.4 Å². The Balaban J connectivity index is 1.81. The normalized spacial score (nSPS) is 11.5. The van der Waals surface area contributed by atoms with Gasteiger partial charge in [-0.3, -0.25) is 9.59 Å². The quantitative estimate of drug-likeness (QED) is 0.457. The molecule has 3 aromatic rings. The summed E-state index contributed by atoms with van der Waals surface area (Å²) in [6.45, 7) is 4.43. The smallest absolute Gasteiger partial charge is 0.288 e. The Bertz CT molecular complexity index is 916. The molecule has 0 fully saturated rings. The first kappa shape index (κ1) is 19.2. The van der Waals surface area contributed by atoms with Gasteiger partial charge in [0, 0.05) is 11.3 Å². The van der Waals surface area contributed by atoms with Crippen LogP contribution in [0.25, 0.3) is 0 Å². The van der Waals surface area contributed by atoms with Crippen LogP contribution in [0.4, 0.5) is 5.69 Å². The molecule has 1 heterocycles. The third kappa shape index (κ3) is 4.79. The lowest BCUT2D eigenvalue weighted by atomic mass is 10.1. The van der Waals surface area contributed by atoms with Gasteiger partial charge in [0.2, 0.25) is 5.78 Å². The summed E-state index contributed by atoms with van der Waals surface area (Å²) in [7, 11) is 0. The number of ketones is 1. The van der Waals surface area contributed by atoms with Crippen LogP contribution in [-0.4, -0.2) is 24.5 Å². The number of carbonyl (C=O) groups excluding carboxylic acids is 2. The molecule has 0 saturated heterocycles. The number of Topliss-reactive ketones (excluding diaryl/α,β-unsaturated/α-hetero) is 1. The number of ether oxygens (including phenoxy) is 1. The molecule has 0 spiro atoms. The molecular weight excluding hydrogens is 356 g/mol. The predicted molar refractivity (Wildman–Crippen MR) is 107 cm³/mol. The second kappa shape index (κ2) is 8.90. The van der Waals surface area contributed by atoms with Gasteiger partial charge in [0.1, 0.15) is 5.75 Å². The SMILES string of the molecule is CCOc1ccc(N[C@@H](NC(=O)c2ccco2)C(=O)c2ccc(C)cc2)cc1. The van der Waals surface area contributed by atoms with E-state index in [0.29, 0.717) is 17.9 Å². The Morgan fingerprint density at radius 2 is 1.75 bits per heavy atom. The van der Waals surface area contributed by atoms with Crippen LogP contribution in [0.2, 0.25) is 0 Å².